The van der Waals surface area contributed by atoms with Crippen LogP contribution in [0.5, 0.6) is 5.75 Å². The van der Waals surface area contributed by atoms with Gasteiger partial charge in [0.2, 0.25) is 0 Å². The molecule has 0 aliphatic heterocycles. The minimum Gasteiger partial charge on any atom is -0.486 e. The average Bonchev–Trinajstić information content (AvgIpc) is 2.88. The van der Waals surface area contributed by atoms with Gasteiger partial charge in [0.15, 0.2) is 0 Å². The van der Waals surface area contributed by atoms with Crippen LogP contribution in [0.15, 0.2) is 48.8 Å². The molecule has 3 aromatic rings. The molecule has 3 rings (SSSR count). The van der Waals surface area contributed by atoms with E-state index in [0.717, 1.165) is 17.8 Å². The molecule has 2 heterocycles. The third kappa shape index (κ3) is 2.69. The number of ether oxygens (including phenoxy) is 1. The van der Waals surface area contributed by atoms with E-state index in [2.05, 4.69) is 4.98 Å². The highest BCUT2D eigenvalue weighted by molar-refractivity contribution is 5.90. The van der Waals surface area contributed by atoms with Crippen LogP contribution in [-0.4, -0.2) is 20.5 Å². The van der Waals surface area contributed by atoms with Gasteiger partial charge in [-0.15, -0.1) is 0 Å². The summed E-state index contributed by atoms with van der Waals surface area (Å²) in [6.07, 6.45) is 3.64. The molecule has 0 amide bonds. The molecule has 0 fully saturated rings. The van der Waals surface area contributed by atoms with Gasteiger partial charge in [-0.25, -0.2) is 14.2 Å². The molecule has 5 nitrogen and oxygen atoms in total. The number of hydrogen-bond donors (Lipinski definition) is 1. The topological polar surface area (TPSA) is 63.8 Å². The summed E-state index contributed by atoms with van der Waals surface area (Å²) < 4.78 is 20.4. The summed E-state index contributed by atoms with van der Waals surface area (Å²) in [5.41, 5.74) is 1.22. The molecule has 0 radical (unpaired) electrons. The smallest absolute Gasteiger partial charge is 0.339 e. The first-order valence-corrected chi connectivity index (χ1v) is 6.22. The largest absolute Gasteiger partial charge is 0.486 e. The summed E-state index contributed by atoms with van der Waals surface area (Å²) in [4.78, 5) is 15.4. The van der Waals surface area contributed by atoms with Gasteiger partial charge in [0.25, 0.3) is 0 Å². The molecule has 0 unspecified atom stereocenters. The Kier molecular flexibility index (Phi) is 3.27. The zero-order chi connectivity index (χ0) is 14.8. The number of benzene rings is 1. The lowest BCUT2D eigenvalue weighted by molar-refractivity contribution is 0.0691. The van der Waals surface area contributed by atoms with Crippen molar-refractivity contribution in [2.45, 2.75) is 6.61 Å². The number of carbonyl (C=O) groups is 1. The van der Waals surface area contributed by atoms with Crippen molar-refractivity contribution in [1.82, 2.24) is 9.38 Å². The van der Waals surface area contributed by atoms with Crippen LogP contribution in [0.4, 0.5) is 4.39 Å². The minimum absolute atomic E-state index is 0.105. The van der Waals surface area contributed by atoms with E-state index in [1.54, 1.807) is 6.20 Å². The van der Waals surface area contributed by atoms with Crippen LogP contribution in [0.2, 0.25) is 0 Å². The Hall–Kier alpha value is -2.89. The lowest BCUT2D eigenvalue weighted by atomic mass is 10.2. The Bertz CT molecular complexity index is 781. The molecule has 0 bridgehead atoms. The van der Waals surface area contributed by atoms with Crippen molar-refractivity contribution in [3.63, 3.8) is 0 Å². The van der Waals surface area contributed by atoms with E-state index in [4.69, 9.17) is 9.84 Å². The van der Waals surface area contributed by atoms with Crippen molar-refractivity contribution in [3.05, 3.63) is 65.9 Å². The quantitative estimate of drug-likeness (QED) is 0.801. The van der Waals surface area contributed by atoms with Gasteiger partial charge >= 0.3 is 5.97 Å². The van der Waals surface area contributed by atoms with Crippen LogP contribution in [0.1, 0.15) is 16.1 Å². The fraction of sp³-hybridized carbons (Fsp3) is 0.0667. The number of aromatic nitrogens is 2. The molecule has 0 saturated heterocycles. The van der Waals surface area contributed by atoms with Crippen LogP contribution in [0, 0.1) is 5.82 Å². The third-order valence-corrected chi connectivity index (χ3v) is 2.96. The van der Waals surface area contributed by atoms with Crippen molar-refractivity contribution in [3.8, 4) is 5.75 Å². The van der Waals surface area contributed by atoms with Crippen molar-refractivity contribution in [2.75, 3.05) is 0 Å². The molecular weight excluding hydrogens is 275 g/mol. The second-order valence-corrected chi connectivity index (χ2v) is 4.43. The van der Waals surface area contributed by atoms with Crippen molar-refractivity contribution in [2.24, 2.45) is 0 Å². The first-order chi connectivity index (χ1) is 10.1. The molecule has 0 saturated carbocycles. The number of carboxylic acids is 1. The van der Waals surface area contributed by atoms with Crippen molar-refractivity contribution in [1.29, 1.82) is 0 Å². The monoisotopic (exact) mass is 286 g/mol. The highest BCUT2D eigenvalue weighted by Crippen LogP contribution is 2.21. The van der Waals surface area contributed by atoms with Gasteiger partial charge in [0.1, 0.15) is 29.4 Å². The number of carboxylic acid groups (broad SMARTS) is 1. The lowest BCUT2D eigenvalue weighted by Crippen LogP contribution is -2.04. The molecule has 21 heavy (non-hydrogen) atoms. The van der Waals surface area contributed by atoms with E-state index in [0.29, 0.717) is 5.69 Å². The molecule has 106 valence electrons. The van der Waals surface area contributed by atoms with E-state index in [9.17, 15) is 9.18 Å². The average molecular weight is 286 g/mol. The van der Waals surface area contributed by atoms with Gasteiger partial charge < -0.3 is 14.2 Å². The third-order valence-electron chi connectivity index (χ3n) is 2.96. The Balaban J connectivity index is 1.83. The number of aromatic carboxylic acids is 1. The van der Waals surface area contributed by atoms with Gasteiger partial charge in [-0.2, -0.15) is 0 Å². The molecular formula is C15H11FN2O3. The minimum atomic E-state index is -1.24. The molecule has 1 N–H and O–H groups in total. The first kappa shape index (κ1) is 13.1. The summed E-state index contributed by atoms with van der Waals surface area (Å²) in [6.45, 7) is 0.105. The maximum absolute atomic E-state index is 13.1. The summed E-state index contributed by atoms with van der Waals surface area (Å²) >= 11 is 0. The summed E-state index contributed by atoms with van der Waals surface area (Å²) in [6, 6.07) is 8.99. The fourth-order valence-corrected chi connectivity index (χ4v) is 2.00. The summed E-state index contributed by atoms with van der Waals surface area (Å²) in [7, 11) is 0. The van der Waals surface area contributed by atoms with E-state index in [-0.39, 0.29) is 17.9 Å². The SMILES string of the molecule is O=C(O)c1cc(F)ccc1OCc1cn2ccccc2n1. The van der Waals surface area contributed by atoms with Crippen LogP contribution in [-0.2, 0) is 6.61 Å². The number of fused-ring (bicyclic) bond motifs is 1. The predicted molar refractivity (Wildman–Crippen MR) is 72.9 cm³/mol. The number of hydrogen-bond acceptors (Lipinski definition) is 3. The normalized spacial score (nSPS) is 10.7. The van der Waals surface area contributed by atoms with Crippen molar-refractivity contribution < 1.29 is 19.0 Å². The van der Waals surface area contributed by atoms with Crippen molar-refractivity contribution >= 4 is 11.6 Å². The summed E-state index contributed by atoms with van der Waals surface area (Å²) in [5.74, 6) is -1.74. The molecule has 0 atom stereocenters. The molecule has 0 spiro atoms. The maximum atomic E-state index is 13.1. The van der Waals surface area contributed by atoms with Crippen LogP contribution >= 0.6 is 0 Å². The van der Waals surface area contributed by atoms with Gasteiger partial charge in [-0.1, -0.05) is 6.07 Å². The summed E-state index contributed by atoms with van der Waals surface area (Å²) in [5, 5.41) is 9.04. The van der Waals surface area contributed by atoms with Gasteiger partial charge in [-0.3, -0.25) is 0 Å². The Morgan fingerprint density at radius 2 is 2.19 bits per heavy atom. The van der Waals surface area contributed by atoms with E-state index >= 15 is 0 Å². The number of pyridine rings is 1. The highest BCUT2D eigenvalue weighted by atomic mass is 19.1. The number of nitrogens with zero attached hydrogens (tertiary/aromatic N) is 2. The number of imidazole rings is 1. The molecule has 2 aromatic heterocycles. The standard InChI is InChI=1S/C15H11FN2O3/c16-10-4-5-13(12(7-10)15(19)20)21-9-11-8-18-6-2-1-3-14(18)17-11/h1-8H,9H2,(H,19,20). The van der Waals surface area contributed by atoms with Crippen LogP contribution in [0.3, 0.4) is 0 Å². The molecule has 6 heteroatoms. The van der Waals surface area contributed by atoms with Crippen LogP contribution < -0.4 is 4.74 Å². The predicted octanol–water partition coefficient (Wildman–Crippen LogP) is 2.75. The van der Waals surface area contributed by atoms with E-state index in [1.807, 2.05) is 28.8 Å². The molecule has 0 aliphatic rings. The second kappa shape index (κ2) is 5.24. The Morgan fingerprint density at radius 1 is 1.33 bits per heavy atom. The zero-order valence-electron chi connectivity index (χ0n) is 10.9. The highest BCUT2D eigenvalue weighted by Gasteiger charge is 2.13. The molecule has 0 aliphatic carbocycles. The second-order valence-electron chi connectivity index (χ2n) is 4.43. The Morgan fingerprint density at radius 3 is 2.95 bits per heavy atom. The van der Waals surface area contributed by atoms with E-state index < -0.39 is 11.8 Å². The Labute approximate surface area is 119 Å². The number of halogens is 1. The first-order valence-electron chi connectivity index (χ1n) is 6.22. The van der Waals surface area contributed by atoms with Gasteiger partial charge in [0.05, 0.1) is 5.69 Å². The molecule has 1 aromatic carbocycles. The van der Waals surface area contributed by atoms with Crippen LogP contribution in [0.25, 0.3) is 5.65 Å². The lowest BCUT2D eigenvalue weighted by Gasteiger charge is -2.07. The maximum Gasteiger partial charge on any atom is 0.339 e. The van der Waals surface area contributed by atoms with Gasteiger partial charge in [0, 0.05) is 12.4 Å². The number of rotatable bonds is 4. The fourth-order valence-electron chi connectivity index (χ4n) is 2.00. The van der Waals surface area contributed by atoms with Gasteiger partial charge in [-0.05, 0) is 30.3 Å². The zero-order valence-corrected chi connectivity index (χ0v) is 10.9. The van der Waals surface area contributed by atoms with E-state index in [1.165, 1.54) is 6.07 Å².